The van der Waals surface area contributed by atoms with E-state index in [1.807, 2.05) is 18.2 Å². The van der Waals surface area contributed by atoms with Crippen molar-refractivity contribution in [3.8, 4) is 0 Å². The Bertz CT molecular complexity index is 1080. The Labute approximate surface area is 188 Å². The quantitative estimate of drug-likeness (QED) is 0.492. The van der Waals surface area contributed by atoms with E-state index in [1.54, 1.807) is 0 Å². The number of hydrogen-bond donors (Lipinski definition) is 2. The summed E-state index contributed by atoms with van der Waals surface area (Å²) in [5.41, 5.74) is 8.26. The van der Waals surface area contributed by atoms with E-state index in [9.17, 15) is 9.59 Å². The number of hydrogen-bond acceptors (Lipinski definition) is 7. The summed E-state index contributed by atoms with van der Waals surface area (Å²) in [5, 5.41) is 11.9. The van der Waals surface area contributed by atoms with Crippen LogP contribution in [-0.4, -0.2) is 27.8 Å². The highest BCUT2D eigenvalue weighted by Crippen LogP contribution is 2.38. The molecule has 1 unspecified atom stereocenters. The third-order valence-corrected chi connectivity index (χ3v) is 7.32. The van der Waals surface area contributed by atoms with E-state index in [0.29, 0.717) is 28.1 Å². The number of rotatable bonds is 8. The molecule has 2 heterocycles. The van der Waals surface area contributed by atoms with Crippen molar-refractivity contribution in [1.29, 1.82) is 0 Å². The van der Waals surface area contributed by atoms with Crippen LogP contribution in [0.5, 0.6) is 0 Å². The van der Waals surface area contributed by atoms with Crippen LogP contribution >= 0.6 is 23.1 Å². The number of thioether (sulfide) groups is 1. The molecule has 3 aromatic rings. The van der Waals surface area contributed by atoms with Crippen LogP contribution in [-0.2, 0) is 24.1 Å². The molecule has 2 amide bonds. The van der Waals surface area contributed by atoms with Crippen molar-refractivity contribution in [2.24, 2.45) is 5.73 Å². The van der Waals surface area contributed by atoms with E-state index < -0.39 is 5.91 Å². The van der Waals surface area contributed by atoms with Crippen LogP contribution in [0.25, 0.3) is 0 Å². The number of aromatic nitrogens is 2. The van der Waals surface area contributed by atoms with Gasteiger partial charge in [0, 0.05) is 11.3 Å². The van der Waals surface area contributed by atoms with Gasteiger partial charge < -0.3 is 15.5 Å². The lowest BCUT2D eigenvalue weighted by molar-refractivity contribution is -0.113. The first-order valence-corrected chi connectivity index (χ1v) is 12.1. The molecule has 1 aliphatic rings. The lowest BCUT2D eigenvalue weighted by Crippen LogP contribution is -2.19. The highest BCUT2D eigenvalue weighted by atomic mass is 32.2. The Morgan fingerprint density at radius 2 is 2.00 bits per heavy atom. The van der Waals surface area contributed by atoms with Crippen molar-refractivity contribution >= 4 is 39.9 Å². The number of nitrogens with two attached hydrogens (primary N) is 1. The molecule has 0 aliphatic heterocycles. The predicted octanol–water partition coefficient (Wildman–Crippen LogP) is 4.19. The topological polar surface area (TPSA) is 111 Å². The zero-order chi connectivity index (χ0) is 21.8. The second-order valence-electron chi connectivity index (χ2n) is 7.59. The fourth-order valence-corrected chi connectivity index (χ4v) is 5.64. The van der Waals surface area contributed by atoms with Crippen LogP contribution in [0, 0.1) is 0 Å². The fourth-order valence-electron chi connectivity index (χ4n) is 3.74. The summed E-state index contributed by atoms with van der Waals surface area (Å²) in [7, 11) is 0. The molecule has 0 fully saturated rings. The molecule has 0 bridgehead atoms. The smallest absolute Gasteiger partial charge is 0.277 e. The summed E-state index contributed by atoms with van der Waals surface area (Å²) in [6, 6.07) is 10.1. The van der Waals surface area contributed by atoms with Crippen molar-refractivity contribution in [2.75, 3.05) is 11.1 Å². The highest BCUT2D eigenvalue weighted by molar-refractivity contribution is 7.99. The van der Waals surface area contributed by atoms with Crippen molar-refractivity contribution in [3.05, 3.63) is 57.8 Å². The van der Waals surface area contributed by atoms with Gasteiger partial charge in [-0.1, -0.05) is 49.0 Å². The maximum atomic E-state index is 12.5. The van der Waals surface area contributed by atoms with E-state index in [4.69, 9.17) is 10.2 Å². The van der Waals surface area contributed by atoms with Gasteiger partial charge in [-0.3, -0.25) is 9.59 Å². The largest absolute Gasteiger partial charge is 0.416 e. The van der Waals surface area contributed by atoms with Gasteiger partial charge in [-0.2, -0.15) is 0 Å². The molecular formula is C22H24N4O3S2. The molecule has 162 valence electrons. The summed E-state index contributed by atoms with van der Waals surface area (Å²) in [4.78, 5) is 25.6. The first kappa shape index (κ1) is 21.6. The zero-order valence-corrected chi connectivity index (χ0v) is 18.9. The molecule has 0 radical (unpaired) electrons. The normalized spacial score (nSPS) is 14.1. The van der Waals surface area contributed by atoms with E-state index in [-0.39, 0.29) is 17.6 Å². The van der Waals surface area contributed by atoms with E-state index in [2.05, 4.69) is 34.6 Å². The van der Waals surface area contributed by atoms with E-state index >= 15 is 0 Å². The third-order valence-electron chi connectivity index (χ3n) is 5.30. The molecule has 0 saturated carbocycles. The molecular weight excluding hydrogens is 432 g/mol. The lowest BCUT2D eigenvalue weighted by Gasteiger charge is -2.11. The first-order valence-electron chi connectivity index (χ1n) is 10.3. The van der Waals surface area contributed by atoms with Crippen molar-refractivity contribution in [3.63, 3.8) is 0 Å². The molecule has 2 aromatic heterocycles. The molecule has 4 rings (SSSR count). The van der Waals surface area contributed by atoms with Gasteiger partial charge in [0.1, 0.15) is 5.00 Å². The molecule has 0 spiro atoms. The van der Waals surface area contributed by atoms with Gasteiger partial charge in [-0.15, -0.1) is 21.5 Å². The Morgan fingerprint density at radius 3 is 2.77 bits per heavy atom. The third kappa shape index (κ3) is 5.16. The Morgan fingerprint density at radius 1 is 1.23 bits per heavy atom. The number of carbonyl (C=O) groups is 2. The van der Waals surface area contributed by atoms with Crippen LogP contribution in [0.3, 0.4) is 0 Å². The Balaban J connectivity index is 1.34. The van der Waals surface area contributed by atoms with Gasteiger partial charge >= 0.3 is 0 Å². The highest BCUT2D eigenvalue weighted by Gasteiger charge is 2.25. The summed E-state index contributed by atoms with van der Waals surface area (Å²) < 4.78 is 5.69. The van der Waals surface area contributed by atoms with Gasteiger partial charge in [-0.25, -0.2) is 0 Å². The van der Waals surface area contributed by atoms with Crippen LogP contribution in [0.4, 0.5) is 5.00 Å². The molecule has 1 aliphatic carbocycles. The van der Waals surface area contributed by atoms with Crippen LogP contribution in [0.15, 0.2) is 40.0 Å². The predicted molar refractivity (Wildman–Crippen MR) is 122 cm³/mol. The number of amides is 2. The SMILES string of the molecule is CC(Cc1nnc(SCC(=O)Nc2sc3c(c2C(N)=O)CCCC3)o1)c1ccccc1. The number of anilines is 1. The van der Waals surface area contributed by atoms with Gasteiger partial charge in [-0.05, 0) is 42.7 Å². The molecule has 9 heteroatoms. The molecule has 1 aromatic carbocycles. The zero-order valence-electron chi connectivity index (χ0n) is 17.2. The minimum atomic E-state index is -0.489. The minimum Gasteiger partial charge on any atom is -0.416 e. The number of fused-ring (bicyclic) bond motifs is 1. The molecule has 3 N–H and O–H groups in total. The number of carbonyl (C=O) groups excluding carboxylic acids is 2. The van der Waals surface area contributed by atoms with E-state index in [1.165, 1.54) is 28.7 Å². The molecule has 1 atom stereocenters. The summed E-state index contributed by atoms with van der Waals surface area (Å²) in [6.45, 7) is 2.11. The molecule has 7 nitrogen and oxygen atoms in total. The standard InChI is InChI=1S/C22H24N4O3S2/c1-13(14-7-3-2-4-8-14)11-18-25-26-22(29-18)30-12-17(27)24-21-19(20(23)28)15-9-5-6-10-16(15)31-21/h2-4,7-8,13H,5-6,9-12H2,1H3,(H2,23,28)(H,24,27). The number of nitrogens with zero attached hydrogens (tertiary/aromatic N) is 2. The monoisotopic (exact) mass is 456 g/mol. The first-order chi connectivity index (χ1) is 15.0. The minimum absolute atomic E-state index is 0.108. The molecule has 0 saturated heterocycles. The average molecular weight is 457 g/mol. The number of primary amides is 1. The van der Waals surface area contributed by atoms with Crippen molar-refractivity contribution < 1.29 is 14.0 Å². The lowest BCUT2D eigenvalue weighted by atomic mass is 9.95. The van der Waals surface area contributed by atoms with Gasteiger partial charge in [0.2, 0.25) is 11.8 Å². The maximum absolute atomic E-state index is 12.5. The van der Waals surface area contributed by atoms with Gasteiger partial charge in [0.15, 0.2) is 0 Å². The summed E-state index contributed by atoms with van der Waals surface area (Å²) in [5.74, 6) is 0.178. The van der Waals surface area contributed by atoms with Crippen LogP contribution < -0.4 is 11.1 Å². The van der Waals surface area contributed by atoms with Gasteiger partial charge in [0.25, 0.3) is 11.1 Å². The Kier molecular flexibility index (Phi) is 6.72. The number of aryl methyl sites for hydroxylation is 1. The number of nitrogens with one attached hydrogen (secondary N) is 1. The fraction of sp³-hybridized carbons (Fsp3) is 0.364. The second kappa shape index (κ2) is 9.65. The molecule has 31 heavy (non-hydrogen) atoms. The number of benzene rings is 1. The Hall–Kier alpha value is -2.65. The number of thiophene rings is 1. The average Bonchev–Trinajstić information content (AvgIpc) is 3.36. The van der Waals surface area contributed by atoms with Crippen LogP contribution in [0.2, 0.25) is 0 Å². The maximum Gasteiger partial charge on any atom is 0.277 e. The summed E-state index contributed by atoms with van der Waals surface area (Å²) >= 11 is 2.63. The summed E-state index contributed by atoms with van der Waals surface area (Å²) in [6.07, 6.45) is 4.53. The van der Waals surface area contributed by atoms with E-state index in [0.717, 1.165) is 36.1 Å². The van der Waals surface area contributed by atoms with Crippen LogP contribution in [0.1, 0.15) is 57.9 Å². The van der Waals surface area contributed by atoms with Crippen molar-refractivity contribution in [1.82, 2.24) is 10.2 Å². The second-order valence-corrected chi connectivity index (χ2v) is 9.63. The van der Waals surface area contributed by atoms with Gasteiger partial charge in [0.05, 0.1) is 11.3 Å². The van der Waals surface area contributed by atoms with Crippen molar-refractivity contribution in [2.45, 2.75) is 50.2 Å².